The molecule has 6 nitrogen and oxygen atoms in total. The molecule has 1 amide bonds. The van der Waals surface area contributed by atoms with E-state index in [1.54, 1.807) is 17.0 Å². The van der Waals surface area contributed by atoms with E-state index in [9.17, 15) is 13.2 Å². The van der Waals surface area contributed by atoms with Crippen LogP contribution >= 0.6 is 23.2 Å². The second kappa shape index (κ2) is 8.88. The van der Waals surface area contributed by atoms with Gasteiger partial charge in [-0.3, -0.25) is 4.79 Å². The third-order valence-electron chi connectivity index (χ3n) is 5.62. The number of halogens is 2. The average Bonchev–Trinajstić information content (AvgIpc) is 3.57. The molecule has 0 spiro atoms. The number of ether oxygens (including phenoxy) is 1. The largest absolute Gasteiger partial charge is 0.492 e. The van der Waals surface area contributed by atoms with Crippen LogP contribution in [-0.2, 0) is 9.84 Å². The predicted molar refractivity (Wildman–Crippen MR) is 122 cm³/mol. The Labute approximate surface area is 192 Å². The molecule has 0 radical (unpaired) electrons. The lowest BCUT2D eigenvalue weighted by Crippen LogP contribution is -2.48. The Morgan fingerprint density at radius 1 is 1.03 bits per heavy atom. The Kier molecular flexibility index (Phi) is 6.37. The number of benzene rings is 2. The Morgan fingerprint density at radius 3 is 2.35 bits per heavy atom. The molecule has 2 aromatic rings. The number of carbonyl (C=O) groups excluding carboxylic acids is 1. The van der Waals surface area contributed by atoms with Crippen LogP contribution in [0, 0.1) is 5.92 Å². The number of carbonyl (C=O) groups is 1. The van der Waals surface area contributed by atoms with E-state index in [1.807, 2.05) is 12.1 Å². The normalized spacial score (nSPS) is 17.0. The molecule has 0 unspecified atom stereocenters. The number of nitrogens with zero attached hydrogens (tertiary/aromatic N) is 2. The molecular weight excluding hydrogens is 459 g/mol. The molecule has 1 saturated carbocycles. The molecule has 31 heavy (non-hydrogen) atoms. The lowest BCUT2D eigenvalue weighted by atomic mass is 10.1. The van der Waals surface area contributed by atoms with Crippen molar-refractivity contribution in [3.05, 3.63) is 52.0 Å². The number of hydrogen-bond donors (Lipinski definition) is 0. The van der Waals surface area contributed by atoms with Gasteiger partial charge in [-0.15, -0.1) is 0 Å². The van der Waals surface area contributed by atoms with Crippen molar-refractivity contribution in [2.75, 3.05) is 43.9 Å². The molecular formula is C22H24Cl2N2O4S. The first-order valence-electron chi connectivity index (χ1n) is 10.2. The maximum atomic E-state index is 13.3. The van der Waals surface area contributed by atoms with Crippen molar-refractivity contribution < 1.29 is 17.9 Å². The van der Waals surface area contributed by atoms with E-state index in [0.717, 1.165) is 24.8 Å². The summed E-state index contributed by atoms with van der Waals surface area (Å²) in [6.45, 7) is 2.82. The highest BCUT2D eigenvalue weighted by Crippen LogP contribution is 2.32. The topological polar surface area (TPSA) is 66.9 Å². The van der Waals surface area contributed by atoms with Gasteiger partial charge < -0.3 is 14.5 Å². The summed E-state index contributed by atoms with van der Waals surface area (Å²) in [5.74, 6) is 0.744. The van der Waals surface area contributed by atoms with Crippen LogP contribution < -0.4 is 9.64 Å². The minimum Gasteiger partial charge on any atom is -0.492 e. The van der Waals surface area contributed by atoms with Gasteiger partial charge in [-0.05, 0) is 55.2 Å². The van der Waals surface area contributed by atoms with Gasteiger partial charge >= 0.3 is 0 Å². The summed E-state index contributed by atoms with van der Waals surface area (Å²) in [5, 5.41) is 0.997. The fourth-order valence-corrected chi connectivity index (χ4v) is 4.48. The van der Waals surface area contributed by atoms with Gasteiger partial charge in [0.25, 0.3) is 5.91 Å². The van der Waals surface area contributed by atoms with Crippen LogP contribution in [0.25, 0.3) is 0 Å². The number of rotatable bonds is 6. The summed E-state index contributed by atoms with van der Waals surface area (Å²) in [5.41, 5.74) is 1.25. The van der Waals surface area contributed by atoms with E-state index in [2.05, 4.69) is 4.90 Å². The van der Waals surface area contributed by atoms with Crippen molar-refractivity contribution in [1.29, 1.82) is 0 Å². The van der Waals surface area contributed by atoms with Gasteiger partial charge in [0, 0.05) is 38.1 Å². The van der Waals surface area contributed by atoms with E-state index in [0.29, 0.717) is 60.1 Å². The Morgan fingerprint density at radius 2 is 1.74 bits per heavy atom. The summed E-state index contributed by atoms with van der Waals surface area (Å²) in [6.07, 6.45) is 3.39. The second-order valence-corrected chi connectivity index (χ2v) is 10.9. The van der Waals surface area contributed by atoms with Gasteiger partial charge in [0.05, 0.1) is 27.1 Å². The lowest BCUT2D eigenvalue weighted by Gasteiger charge is -2.36. The molecule has 1 aliphatic carbocycles. The third kappa shape index (κ3) is 5.27. The van der Waals surface area contributed by atoms with Gasteiger partial charge in [0.2, 0.25) is 0 Å². The monoisotopic (exact) mass is 482 g/mol. The molecule has 4 rings (SSSR count). The van der Waals surface area contributed by atoms with E-state index in [-0.39, 0.29) is 10.8 Å². The highest BCUT2D eigenvalue weighted by atomic mass is 35.5. The van der Waals surface area contributed by atoms with Crippen LogP contribution in [0.5, 0.6) is 5.75 Å². The first kappa shape index (κ1) is 22.2. The van der Waals surface area contributed by atoms with Crippen molar-refractivity contribution in [2.24, 2.45) is 5.92 Å². The number of anilines is 1. The third-order valence-corrected chi connectivity index (χ3v) is 7.47. The molecule has 2 aliphatic rings. The van der Waals surface area contributed by atoms with Gasteiger partial charge in [-0.2, -0.15) is 0 Å². The van der Waals surface area contributed by atoms with Crippen LogP contribution in [0.1, 0.15) is 23.2 Å². The molecule has 2 aromatic carbocycles. The molecule has 0 bridgehead atoms. The molecule has 1 saturated heterocycles. The minimum atomic E-state index is -3.44. The van der Waals surface area contributed by atoms with Crippen LogP contribution in [0.2, 0.25) is 10.0 Å². The van der Waals surface area contributed by atoms with Gasteiger partial charge in [-0.25, -0.2) is 8.42 Å². The zero-order valence-electron chi connectivity index (χ0n) is 17.2. The number of hydrogen-bond acceptors (Lipinski definition) is 5. The van der Waals surface area contributed by atoms with Crippen LogP contribution in [-0.4, -0.2) is 58.3 Å². The van der Waals surface area contributed by atoms with Crippen molar-refractivity contribution in [1.82, 2.24) is 4.90 Å². The quantitative estimate of drug-likeness (QED) is 0.618. The molecule has 0 atom stereocenters. The Balaban J connectivity index is 1.51. The Hall–Kier alpha value is -1.96. The fraction of sp³-hybridized carbons (Fsp3) is 0.409. The summed E-state index contributed by atoms with van der Waals surface area (Å²) in [4.78, 5) is 17.3. The lowest BCUT2D eigenvalue weighted by molar-refractivity contribution is 0.0741. The zero-order valence-corrected chi connectivity index (χ0v) is 19.5. The van der Waals surface area contributed by atoms with E-state index >= 15 is 0 Å². The van der Waals surface area contributed by atoms with Gasteiger partial charge in [0.15, 0.2) is 9.84 Å². The first-order valence-corrected chi connectivity index (χ1v) is 12.8. The van der Waals surface area contributed by atoms with Crippen LogP contribution in [0.4, 0.5) is 5.69 Å². The molecule has 1 aliphatic heterocycles. The summed E-state index contributed by atoms with van der Waals surface area (Å²) in [6, 6.07) is 10.0. The number of sulfone groups is 1. The number of amides is 1. The zero-order chi connectivity index (χ0) is 22.2. The molecule has 0 N–H and O–H groups in total. The molecule has 166 valence electrons. The van der Waals surface area contributed by atoms with Crippen molar-refractivity contribution in [3.8, 4) is 5.75 Å². The minimum absolute atomic E-state index is 0.115. The maximum Gasteiger partial charge on any atom is 0.257 e. The summed E-state index contributed by atoms with van der Waals surface area (Å²) < 4.78 is 29.9. The summed E-state index contributed by atoms with van der Waals surface area (Å²) >= 11 is 12.1. The first-order chi connectivity index (χ1) is 14.7. The highest BCUT2D eigenvalue weighted by Gasteiger charge is 2.28. The summed E-state index contributed by atoms with van der Waals surface area (Å²) in [7, 11) is -3.44. The highest BCUT2D eigenvalue weighted by molar-refractivity contribution is 7.90. The van der Waals surface area contributed by atoms with Crippen molar-refractivity contribution in [2.45, 2.75) is 17.7 Å². The van der Waals surface area contributed by atoms with E-state index in [1.165, 1.54) is 12.1 Å². The molecule has 0 aromatic heterocycles. The molecule has 9 heteroatoms. The van der Waals surface area contributed by atoms with E-state index in [4.69, 9.17) is 27.9 Å². The average molecular weight is 483 g/mol. The Bertz CT molecular complexity index is 1090. The van der Waals surface area contributed by atoms with Gasteiger partial charge in [-0.1, -0.05) is 23.2 Å². The molecule has 2 fully saturated rings. The van der Waals surface area contributed by atoms with Crippen molar-refractivity contribution in [3.63, 3.8) is 0 Å². The van der Waals surface area contributed by atoms with Crippen molar-refractivity contribution >= 4 is 44.6 Å². The smallest absolute Gasteiger partial charge is 0.257 e. The van der Waals surface area contributed by atoms with E-state index < -0.39 is 9.84 Å². The second-order valence-electron chi connectivity index (χ2n) is 8.06. The maximum absolute atomic E-state index is 13.3. The SMILES string of the molecule is CS(=O)(=O)c1ccc(OCC2CC2)c(C(=O)N2CCN(c3ccc(Cl)c(Cl)c3)CC2)c1. The van der Waals surface area contributed by atoms with Gasteiger partial charge in [0.1, 0.15) is 5.75 Å². The standard InChI is InChI=1S/C22H24Cl2N2O4S/c1-31(28,29)17-5-7-21(30-14-15-2-3-15)18(13-17)22(27)26-10-8-25(9-11-26)16-4-6-19(23)20(24)12-16/h4-7,12-13,15H,2-3,8-11,14H2,1H3. The molecule has 1 heterocycles. The number of piperazine rings is 1. The van der Waals surface area contributed by atoms with Crippen LogP contribution in [0.3, 0.4) is 0 Å². The predicted octanol–water partition coefficient (Wildman–Crippen LogP) is 4.15. The van der Waals surface area contributed by atoms with Crippen LogP contribution in [0.15, 0.2) is 41.3 Å². The fourth-order valence-electron chi connectivity index (χ4n) is 3.54.